The second-order valence-corrected chi connectivity index (χ2v) is 7.25. The van der Waals surface area contributed by atoms with Crippen molar-refractivity contribution in [1.29, 1.82) is 0 Å². The number of benzene rings is 2. The smallest absolute Gasteiger partial charge is 0.0441 e. The van der Waals surface area contributed by atoms with Crippen molar-refractivity contribution in [3.8, 4) is 0 Å². The maximum atomic E-state index is 5.65. The Morgan fingerprint density at radius 3 is 2.17 bits per heavy atom. The fourth-order valence-corrected chi connectivity index (χ4v) is 3.34. The first kappa shape index (κ1) is 21.2. The number of thiol groups is 1. The fourth-order valence-electron chi connectivity index (χ4n) is 2.65. The monoisotopic (exact) mass is 364 g/mol. The Labute approximate surface area is 157 Å². The zero-order chi connectivity index (χ0) is 17.8. The van der Waals surface area contributed by atoms with E-state index in [1.54, 1.807) is 0 Å². The maximum Gasteiger partial charge on any atom is 0.0441 e. The zero-order valence-electron chi connectivity index (χ0n) is 15.3. The first-order valence-electron chi connectivity index (χ1n) is 8.82. The molecular weight excluding hydrogens is 332 g/mol. The van der Waals surface area contributed by atoms with Gasteiger partial charge in [-0.05, 0) is 41.6 Å². The van der Waals surface area contributed by atoms with Crippen LogP contribution in [0.25, 0.3) is 10.8 Å². The number of rotatable bonds is 8. The largest absolute Gasteiger partial charge is 0.377 e. The van der Waals surface area contributed by atoms with E-state index in [-0.39, 0.29) is 0 Å². The van der Waals surface area contributed by atoms with E-state index in [0.717, 1.165) is 10.6 Å². The number of hydrogen-bond acceptors (Lipinski definition) is 4. The summed E-state index contributed by atoms with van der Waals surface area (Å²) in [5, 5.41) is 8.11. The Balaban J connectivity index is 0.000000277. The maximum absolute atomic E-state index is 5.65. The van der Waals surface area contributed by atoms with Crippen LogP contribution in [0.3, 0.4) is 0 Å². The highest BCUT2D eigenvalue weighted by Crippen LogP contribution is 2.30. The summed E-state index contributed by atoms with van der Waals surface area (Å²) in [6, 6.07) is 12.5. The molecule has 0 radical (unpaired) electrons. The van der Waals surface area contributed by atoms with Crippen molar-refractivity contribution >= 4 is 41.0 Å². The fraction of sp³-hybridized carbons (Fsp3) is 0.500. The van der Waals surface area contributed by atoms with E-state index in [1.807, 2.05) is 12.1 Å². The third kappa shape index (κ3) is 6.96. The Bertz CT molecular complexity index is 579. The molecule has 24 heavy (non-hydrogen) atoms. The van der Waals surface area contributed by atoms with Crippen molar-refractivity contribution in [2.24, 2.45) is 5.14 Å². The first-order chi connectivity index (χ1) is 11.7. The van der Waals surface area contributed by atoms with Gasteiger partial charge in [-0.2, -0.15) is 12.6 Å². The van der Waals surface area contributed by atoms with Crippen LogP contribution >= 0.6 is 24.6 Å². The summed E-state index contributed by atoms with van der Waals surface area (Å²) in [5.74, 6) is 1.06. The van der Waals surface area contributed by atoms with Crippen molar-refractivity contribution in [3.63, 3.8) is 0 Å². The lowest BCUT2D eigenvalue weighted by Crippen LogP contribution is -2.08. The van der Waals surface area contributed by atoms with E-state index in [1.165, 1.54) is 66.9 Å². The van der Waals surface area contributed by atoms with E-state index in [9.17, 15) is 0 Å². The molecule has 0 aliphatic carbocycles. The van der Waals surface area contributed by atoms with Gasteiger partial charge in [-0.25, -0.2) is 0 Å². The lowest BCUT2D eigenvalue weighted by atomic mass is 10.1. The van der Waals surface area contributed by atoms with Crippen LogP contribution in [0.2, 0.25) is 0 Å². The molecule has 0 spiro atoms. The Morgan fingerprint density at radius 1 is 0.917 bits per heavy atom. The minimum atomic E-state index is 1.06. The van der Waals surface area contributed by atoms with Crippen LogP contribution in [0.1, 0.15) is 45.4 Å². The number of hydrogen-bond donors (Lipinski definition) is 2. The van der Waals surface area contributed by atoms with Crippen molar-refractivity contribution < 1.29 is 0 Å². The van der Waals surface area contributed by atoms with Gasteiger partial charge in [-0.15, -0.1) is 0 Å². The van der Waals surface area contributed by atoms with Gasteiger partial charge >= 0.3 is 0 Å². The van der Waals surface area contributed by atoms with Gasteiger partial charge in [0, 0.05) is 30.1 Å². The summed E-state index contributed by atoms with van der Waals surface area (Å²) < 4.78 is 0. The number of nitrogens with two attached hydrogens (primary N) is 1. The summed E-state index contributed by atoms with van der Waals surface area (Å²) in [7, 11) is 4.11. The van der Waals surface area contributed by atoms with Crippen LogP contribution in [-0.4, -0.2) is 19.8 Å². The van der Waals surface area contributed by atoms with Crippen LogP contribution in [-0.2, 0) is 0 Å². The van der Waals surface area contributed by atoms with Gasteiger partial charge in [0.25, 0.3) is 0 Å². The average molecular weight is 365 g/mol. The molecule has 2 aromatic rings. The molecule has 0 unspecified atom stereocenters. The molecule has 0 aliphatic rings. The summed E-state index contributed by atoms with van der Waals surface area (Å²) in [4.78, 5) is 3.24. The highest BCUT2D eigenvalue weighted by molar-refractivity contribution is 7.97. The molecule has 0 heterocycles. The van der Waals surface area contributed by atoms with Crippen LogP contribution < -0.4 is 10.0 Å². The normalized spacial score (nSPS) is 10.4. The topological polar surface area (TPSA) is 29.3 Å². The van der Waals surface area contributed by atoms with E-state index < -0.39 is 0 Å². The SMILES string of the molecule is CCCCCCCCS.CN(C)c1cccc2c(SN)cccc12. The second-order valence-electron chi connectivity index (χ2n) is 6.13. The number of nitrogens with zero attached hydrogens (tertiary/aromatic N) is 1. The molecule has 0 atom stereocenters. The van der Waals surface area contributed by atoms with Crippen LogP contribution in [0, 0.1) is 0 Å². The molecule has 0 amide bonds. The summed E-state index contributed by atoms with van der Waals surface area (Å²) in [6.45, 7) is 2.25. The molecule has 0 bridgehead atoms. The molecule has 0 fully saturated rings. The molecule has 0 aliphatic heterocycles. The van der Waals surface area contributed by atoms with Gasteiger partial charge in [0.15, 0.2) is 0 Å². The predicted octanol–water partition coefficient (Wildman–Crippen LogP) is 6.15. The van der Waals surface area contributed by atoms with Gasteiger partial charge in [0.2, 0.25) is 0 Å². The second kappa shape index (κ2) is 12.5. The van der Waals surface area contributed by atoms with Crippen molar-refractivity contribution in [1.82, 2.24) is 0 Å². The van der Waals surface area contributed by atoms with Crippen LogP contribution in [0.15, 0.2) is 41.3 Å². The summed E-state index contributed by atoms with van der Waals surface area (Å²) in [5.41, 5.74) is 1.23. The molecule has 4 heteroatoms. The van der Waals surface area contributed by atoms with E-state index >= 15 is 0 Å². The van der Waals surface area contributed by atoms with Crippen molar-refractivity contribution in [2.45, 2.75) is 50.3 Å². The van der Waals surface area contributed by atoms with Gasteiger partial charge in [0.05, 0.1) is 0 Å². The number of anilines is 1. The molecule has 2 N–H and O–H groups in total. The zero-order valence-corrected chi connectivity index (χ0v) is 17.0. The quantitative estimate of drug-likeness (QED) is 0.334. The molecule has 0 aromatic heterocycles. The van der Waals surface area contributed by atoms with Crippen molar-refractivity contribution in [3.05, 3.63) is 36.4 Å². The summed E-state index contributed by atoms with van der Waals surface area (Å²) >= 11 is 5.45. The van der Waals surface area contributed by atoms with Crippen molar-refractivity contribution in [2.75, 3.05) is 24.7 Å². The Hall–Kier alpha value is -0.840. The molecule has 2 rings (SSSR count). The highest BCUT2D eigenvalue weighted by Gasteiger charge is 2.05. The third-order valence-electron chi connectivity index (χ3n) is 3.98. The Kier molecular flexibility index (Phi) is 11.1. The molecular formula is C20H32N2S2. The van der Waals surface area contributed by atoms with Gasteiger partial charge in [-0.3, -0.25) is 5.14 Å². The van der Waals surface area contributed by atoms with Gasteiger partial charge in [-0.1, -0.05) is 63.3 Å². The minimum absolute atomic E-state index is 1.06. The van der Waals surface area contributed by atoms with E-state index in [0.29, 0.717) is 0 Å². The molecule has 134 valence electrons. The van der Waals surface area contributed by atoms with Crippen LogP contribution in [0.5, 0.6) is 0 Å². The van der Waals surface area contributed by atoms with Gasteiger partial charge < -0.3 is 4.90 Å². The molecule has 0 saturated carbocycles. The Morgan fingerprint density at radius 2 is 1.54 bits per heavy atom. The minimum Gasteiger partial charge on any atom is -0.377 e. The van der Waals surface area contributed by atoms with Crippen LogP contribution in [0.4, 0.5) is 5.69 Å². The average Bonchev–Trinajstić information content (AvgIpc) is 2.61. The summed E-state index contributed by atoms with van der Waals surface area (Å²) in [6.07, 6.45) is 8.27. The number of unbranched alkanes of at least 4 members (excludes halogenated alkanes) is 5. The lowest BCUT2D eigenvalue weighted by molar-refractivity contribution is 0.627. The first-order valence-corrected chi connectivity index (χ1v) is 10.3. The van der Waals surface area contributed by atoms with E-state index in [2.05, 4.69) is 62.8 Å². The highest BCUT2D eigenvalue weighted by atomic mass is 32.2. The molecule has 2 nitrogen and oxygen atoms in total. The number of fused-ring (bicyclic) bond motifs is 1. The predicted molar refractivity (Wildman–Crippen MR) is 116 cm³/mol. The molecule has 0 saturated heterocycles. The standard InChI is InChI=1S/C12H14N2S.C8H18S/c1-14(2)11-7-3-6-10-9(11)5-4-8-12(10)15-13;1-2-3-4-5-6-7-8-9/h3-8H,13H2,1-2H3;9H,2-8H2,1H3. The van der Waals surface area contributed by atoms with E-state index in [4.69, 9.17) is 5.14 Å². The third-order valence-corrected chi connectivity index (χ3v) is 4.91. The molecule has 2 aromatic carbocycles. The lowest BCUT2D eigenvalue weighted by Gasteiger charge is -2.16. The van der Waals surface area contributed by atoms with Gasteiger partial charge in [0.1, 0.15) is 0 Å².